The molecular weight excluding hydrogens is 389 g/mol. The number of hydrogen-bond acceptors (Lipinski definition) is 3. The van der Waals surface area contributed by atoms with Gasteiger partial charge in [0.2, 0.25) is 5.91 Å². The number of hydrogen-bond donors (Lipinski definition) is 1. The Hall–Kier alpha value is -2.24. The van der Waals surface area contributed by atoms with Crippen LogP contribution in [-0.2, 0) is 16.8 Å². The molecule has 4 nitrogen and oxygen atoms in total. The molecule has 31 heavy (non-hydrogen) atoms. The van der Waals surface area contributed by atoms with Gasteiger partial charge >= 0.3 is 0 Å². The number of nitrogens with one attached hydrogen (secondary N) is 1. The molecule has 0 bridgehead atoms. The molecule has 1 N–H and O–H groups in total. The van der Waals surface area contributed by atoms with Crippen molar-refractivity contribution in [2.45, 2.75) is 43.6 Å². The summed E-state index contributed by atoms with van der Waals surface area (Å²) in [6.07, 6.45) is 3.87. The van der Waals surface area contributed by atoms with Crippen molar-refractivity contribution >= 4 is 5.91 Å². The molecule has 0 aromatic heterocycles. The van der Waals surface area contributed by atoms with Gasteiger partial charge in [-0.1, -0.05) is 36.4 Å². The summed E-state index contributed by atoms with van der Waals surface area (Å²) < 4.78 is 13.2. The Labute approximate surface area is 185 Å². The van der Waals surface area contributed by atoms with E-state index in [1.165, 1.54) is 11.1 Å². The Bertz CT molecular complexity index is 888. The van der Waals surface area contributed by atoms with E-state index in [0.717, 1.165) is 51.0 Å². The van der Waals surface area contributed by atoms with Crippen molar-refractivity contribution in [1.29, 1.82) is 0 Å². The maximum absolute atomic E-state index is 13.2. The third-order valence-corrected chi connectivity index (χ3v) is 7.05. The van der Waals surface area contributed by atoms with E-state index in [1.807, 2.05) is 26.2 Å². The van der Waals surface area contributed by atoms with Gasteiger partial charge < -0.3 is 10.2 Å². The first-order valence-electron chi connectivity index (χ1n) is 11.4. The number of likely N-dealkylation sites (tertiary alicyclic amines) is 1. The smallest absolute Gasteiger partial charge is 0.220 e. The molecule has 1 aliphatic heterocycles. The van der Waals surface area contributed by atoms with Crippen LogP contribution in [0.5, 0.6) is 0 Å². The molecule has 166 valence electrons. The molecule has 1 unspecified atom stereocenters. The van der Waals surface area contributed by atoms with Gasteiger partial charge in [0.05, 0.1) is 0 Å². The van der Waals surface area contributed by atoms with Crippen molar-refractivity contribution < 1.29 is 9.18 Å². The van der Waals surface area contributed by atoms with Crippen LogP contribution in [0.1, 0.15) is 48.3 Å². The second-order valence-corrected chi connectivity index (χ2v) is 9.53. The first-order valence-corrected chi connectivity index (χ1v) is 11.4. The maximum Gasteiger partial charge on any atom is 0.220 e. The summed E-state index contributed by atoms with van der Waals surface area (Å²) in [5.74, 6) is 0.285. The van der Waals surface area contributed by atoms with Crippen LogP contribution in [0.25, 0.3) is 0 Å². The Morgan fingerprint density at radius 1 is 1.13 bits per heavy atom. The number of benzene rings is 2. The lowest BCUT2D eigenvalue weighted by Gasteiger charge is -2.40. The summed E-state index contributed by atoms with van der Waals surface area (Å²) in [6, 6.07) is 15.6. The lowest BCUT2D eigenvalue weighted by Crippen LogP contribution is -2.41. The molecule has 4 rings (SSSR count). The zero-order valence-electron chi connectivity index (χ0n) is 18.7. The van der Waals surface area contributed by atoms with Gasteiger partial charge in [-0.25, -0.2) is 4.39 Å². The molecule has 1 saturated heterocycles. The summed E-state index contributed by atoms with van der Waals surface area (Å²) in [7, 11) is 4.04. The van der Waals surface area contributed by atoms with Gasteiger partial charge in [-0.3, -0.25) is 9.69 Å². The van der Waals surface area contributed by atoms with Gasteiger partial charge in [0.15, 0.2) is 0 Å². The van der Waals surface area contributed by atoms with Gasteiger partial charge in [-0.05, 0) is 86.6 Å². The molecule has 1 spiro atoms. The van der Waals surface area contributed by atoms with E-state index in [4.69, 9.17) is 0 Å². The van der Waals surface area contributed by atoms with Gasteiger partial charge in [0, 0.05) is 26.1 Å². The van der Waals surface area contributed by atoms with Crippen LogP contribution in [0, 0.1) is 5.82 Å². The van der Waals surface area contributed by atoms with E-state index in [-0.39, 0.29) is 17.1 Å². The number of carbonyl (C=O) groups excluding carboxylic acids is 1. The standard InChI is InChI=1S/C26H34FN3O/c1-29(2)16-13-28-25(31)17-21-18-26(24-6-4-3-5-23(21)24)11-14-30(15-12-26)19-20-7-9-22(27)10-8-20/h3-10,21H,11-19H2,1-2H3,(H,28,31). The lowest BCUT2D eigenvalue weighted by atomic mass is 9.73. The van der Waals surface area contributed by atoms with Gasteiger partial charge in [0.1, 0.15) is 5.82 Å². The highest BCUT2D eigenvalue weighted by molar-refractivity contribution is 5.77. The van der Waals surface area contributed by atoms with Crippen LogP contribution in [0.15, 0.2) is 48.5 Å². The molecule has 2 aromatic rings. The van der Waals surface area contributed by atoms with E-state index in [2.05, 4.69) is 39.4 Å². The van der Waals surface area contributed by atoms with Crippen LogP contribution in [0.3, 0.4) is 0 Å². The topological polar surface area (TPSA) is 35.6 Å². The van der Waals surface area contributed by atoms with Gasteiger partial charge in [0.25, 0.3) is 0 Å². The van der Waals surface area contributed by atoms with Crippen molar-refractivity contribution in [2.24, 2.45) is 0 Å². The number of amides is 1. The van der Waals surface area contributed by atoms with Crippen LogP contribution < -0.4 is 5.32 Å². The number of piperidine rings is 1. The SMILES string of the molecule is CN(C)CCNC(=O)CC1CC2(CCN(Cc3ccc(F)cc3)CC2)c2ccccc21. The summed E-state index contributed by atoms with van der Waals surface area (Å²) in [6.45, 7) is 4.50. The highest BCUT2D eigenvalue weighted by Crippen LogP contribution is 2.52. The highest BCUT2D eigenvalue weighted by atomic mass is 19.1. The van der Waals surface area contributed by atoms with Crippen LogP contribution in [0.4, 0.5) is 4.39 Å². The summed E-state index contributed by atoms with van der Waals surface area (Å²) in [5, 5.41) is 3.09. The molecule has 1 aliphatic carbocycles. The molecule has 0 radical (unpaired) electrons. The largest absolute Gasteiger partial charge is 0.355 e. The lowest BCUT2D eigenvalue weighted by molar-refractivity contribution is -0.121. The van der Waals surface area contributed by atoms with E-state index >= 15 is 0 Å². The fourth-order valence-corrected chi connectivity index (χ4v) is 5.39. The normalized spacial score (nSPS) is 20.2. The first kappa shape index (κ1) is 22.0. The van der Waals surface area contributed by atoms with E-state index in [1.54, 1.807) is 12.1 Å². The predicted octanol–water partition coefficient (Wildman–Crippen LogP) is 3.91. The number of rotatable bonds is 7. The third kappa shape index (κ3) is 5.16. The second-order valence-electron chi connectivity index (χ2n) is 9.53. The Kier molecular flexibility index (Phi) is 6.73. The quantitative estimate of drug-likeness (QED) is 0.733. The van der Waals surface area contributed by atoms with Crippen LogP contribution >= 0.6 is 0 Å². The van der Waals surface area contributed by atoms with Crippen LogP contribution in [0.2, 0.25) is 0 Å². The van der Waals surface area contributed by atoms with E-state index in [0.29, 0.717) is 18.9 Å². The van der Waals surface area contributed by atoms with Crippen molar-refractivity contribution in [2.75, 3.05) is 40.3 Å². The molecule has 1 atom stereocenters. The minimum atomic E-state index is -0.180. The van der Waals surface area contributed by atoms with E-state index < -0.39 is 0 Å². The molecule has 2 aromatic carbocycles. The molecule has 1 fully saturated rings. The molecule has 1 heterocycles. The predicted molar refractivity (Wildman–Crippen MR) is 123 cm³/mol. The van der Waals surface area contributed by atoms with Crippen molar-refractivity contribution in [3.05, 3.63) is 71.0 Å². The Balaban J connectivity index is 1.39. The van der Waals surface area contributed by atoms with Crippen molar-refractivity contribution in [3.8, 4) is 0 Å². The minimum absolute atomic E-state index is 0.160. The highest BCUT2D eigenvalue weighted by Gasteiger charge is 2.45. The fourth-order valence-electron chi connectivity index (χ4n) is 5.39. The average molecular weight is 424 g/mol. The summed E-state index contributed by atoms with van der Waals surface area (Å²) in [5.41, 5.74) is 4.18. The summed E-state index contributed by atoms with van der Waals surface area (Å²) in [4.78, 5) is 17.1. The fraction of sp³-hybridized carbons (Fsp3) is 0.500. The monoisotopic (exact) mass is 423 g/mol. The molecular formula is C26H34FN3O. The average Bonchev–Trinajstić information content (AvgIpc) is 3.04. The Morgan fingerprint density at radius 2 is 1.84 bits per heavy atom. The van der Waals surface area contributed by atoms with Crippen molar-refractivity contribution in [3.63, 3.8) is 0 Å². The number of likely N-dealkylation sites (N-methyl/N-ethyl adjacent to an activating group) is 1. The minimum Gasteiger partial charge on any atom is -0.355 e. The van der Waals surface area contributed by atoms with Gasteiger partial charge in [-0.2, -0.15) is 0 Å². The second kappa shape index (κ2) is 9.49. The van der Waals surface area contributed by atoms with Crippen molar-refractivity contribution in [1.82, 2.24) is 15.1 Å². The van der Waals surface area contributed by atoms with Crippen LogP contribution in [-0.4, -0.2) is 56.0 Å². The number of halogens is 1. The molecule has 2 aliphatic rings. The molecule has 0 saturated carbocycles. The Morgan fingerprint density at radius 3 is 2.55 bits per heavy atom. The summed E-state index contributed by atoms with van der Waals surface area (Å²) >= 11 is 0. The number of nitrogens with zero attached hydrogens (tertiary/aromatic N) is 2. The maximum atomic E-state index is 13.2. The molecule has 5 heteroatoms. The first-order chi connectivity index (χ1) is 14.9. The zero-order chi connectivity index (χ0) is 21.8. The zero-order valence-corrected chi connectivity index (χ0v) is 18.7. The van der Waals surface area contributed by atoms with E-state index in [9.17, 15) is 9.18 Å². The number of fused-ring (bicyclic) bond motifs is 2. The molecule has 1 amide bonds. The third-order valence-electron chi connectivity index (χ3n) is 7.05. The number of carbonyl (C=O) groups is 1. The van der Waals surface area contributed by atoms with Gasteiger partial charge in [-0.15, -0.1) is 0 Å².